The van der Waals surface area contributed by atoms with Gasteiger partial charge in [0, 0.05) is 5.71 Å². The summed E-state index contributed by atoms with van der Waals surface area (Å²) in [5.74, 6) is 0. The Morgan fingerprint density at radius 2 is 1.84 bits per heavy atom. The van der Waals surface area contributed by atoms with Crippen LogP contribution in [0.2, 0.25) is 0 Å². The van der Waals surface area contributed by atoms with Gasteiger partial charge in [-0.3, -0.25) is 4.99 Å². The van der Waals surface area contributed by atoms with E-state index in [1.54, 1.807) is 0 Å². The molecule has 0 aliphatic heterocycles. The number of halogens is 1. The molecule has 0 bridgehead atoms. The highest BCUT2D eigenvalue weighted by Crippen LogP contribution is 2.17. The van der Waals surface area contributed by atoms with E-state index in [1.807, 2.05) is 26.0 Å². The lowest BCUT2D eigenvalue weighted by Crippen LogP contribution is -1.98. The maximum Gasteiger partial charge on any atom is 0.128 e. The Kier molecular flexibility index (Phi) is 6.20. The largest absolute Gasteiger partial charge is 0.255 e. The van der Waals surface area contributed by atoms with E-state index < -0.39 is 6.67 Å². The molecule has 0 radical (unpaired) electrons. The van der Waals surface area contributed by atoms with Crippen LogP contribution in [0.4, 0.5) is 4.39 Å². The van der Waals surface area contributed by atoms with Crippen LogP contribution < -0.4 is 0 Å². The first-order chi connectivity index (χ1) is 9.06. The van der Waals surface area contributed by atoms with Crippen LogP contribution in [0.1, 0.15) is 37.8 Å². The summed E-state index contributed by atoms with van der Waals surface area (Å²) >= 11 is 0. The number of aliphatic imine (C=N–C) groups is 1. The molecule has 102 valence electrons. The molecule has 1 rings (SSSR count). The molecule has 0 atom stereocenters. The highest BCUT2D eigenvalue weighted by molar-refractivity contribution is 5.90. The van der Waals surface area contributed by atoms with Gasteiger partial charge in [-0.15, -0.1) is 6.58 Å². The smallest absolute Gasteiger partial charge is 0.128 e. The minimum atomic E-state index is -0.508. The first-order valence-electron chi connectivity index (χ1n) is 6.61. The highest BCUT2D eigenvalue weighted by atomic mass is 19.1. The Bertz CT molecular complexity index is 463. The van der Waals surface area contributed by atoms with Crippen molar-refractivity contribution in [2.45, 2.75) is 33.1 Å². The number of hydrogen-bond acceptors (Lipinski definition) is 1. The number of hydrogen-bond donors (Lipinski definition) is 0. The van der Waals surface area contributed by atoms with Crippen molar-refractivity contribution in [3.05, 3.63) is 54.1 Å². The third-order valence-electron chi connectivity index (χ3n) is 2.98. The monoisotopic (exact) mass is 259 g/mol. The second kappa shape index (κ2) is 7.67. The molecule has 0 saturated heterocycles. The Labute approximate surface area is 115 Å². The molecule has 0 N–H and O–H groups in total. The number of aryl methyl sites for hydroxylation is 1. The van der Waals surface area contributed by atoms with Gasteiger partial charge in [-0.2, -0.15) is 0 Å². The molecule has 0 aliphatic carbocycles. The summed E-state index contributed by atoms with van der Waals surface area (Å²) in [5.41, 5.74) is 4.56. The van der Waals surface area contributed by atoms with E-state index >= 15 is 0 Å². The third-order valence-corrected chi connectivity index (χ3v) is 2.98. The number of rotatable bonds is 7. The summed E-state index contributed by atoms with van der Waals surface area (Å²) in [4.78, 5) is 4.22. The van der Waals surface area contributed by atoms with E-state index in [9.17, 15) is 4.39 Å². The lowest BCUT2D eigenvalue weighted by molar-refractivity contribution is 0.577. The van der Waals surface area contributed by atoms with E-state index in [0.717, 1.165) is 18.4 Å². The van der Waals surface area contributed by atoms with E-state index in [2.05, 4.69) is 30.3 Å². The Morgan fingerprint density at radius 1 is 1.21 bits per heavy atom. The molecular weight excluding hydrogens is 237 g/mol. The standard InChI is InChI=1S/C17H22FN/c1-5-17(12-18)19-14(4)16-10-8-15(9-11-16)7-6-13(2)3/h8-11H,2,4-7,12H2,1,3H3. The zero-order valence-electron chi connectivity index (χ0n) is 11.9. The normalized spacial score (nSPS) is 11.4. The van der Waals surface area contributed by atoms with Crippen LogP contribution in [0.5, 0.6) is 0 Å². The molecule has 1 aromatic carbocycles. The van der Waals surface area contributed by atoms with Crippen molar-refractivity contribution >= 4 is 11.4 Å². The third kappa shape index (κ3) is 5.21. The summed E-state index contributed by atoms with van der Waals surface area (Å²) in [7, 11) is 0. The molecule has 0 aliphatic rings. The van der Waals surface area contributed by atoms with Gasteiger partial charge in [-0.05, 0) is 37.3 Å². The molecule has 1 nitrogen and oxygen atoms in total. The van der Waals surface area contributed by atoms with Gasteiger partial charge in [0.25, 0.3) is 0 Å². The number of alkyl halides is 1. The average Bonchev–Trinajstić information content (AvgIpc) is 2.42. The maximum atomic E-state index is 12.6. The van der Waals surface area contributed by atoms with Crippen LogP contribution in [0.25, 0.3) is 5.70 Å². The topological polar surface area (TPSA) is 12.4 Å². The predicted octanol–water partition coefficient (Wildman–Crippen LogP) is 4.99. The molecule has 19 heavy (non-hydrogen) atoms. The van der Waals surface area contributed by atoms with Crippen LogP contribution >= 0.6 is 0 Å². The molecule has 0 heterocycles. The number of allylic oxidation sites excluding steroid dienone is 1. The van der Waals surface area contributed by atoms with Gasteiger partial charge < -0.3 is 0 Å². The minimum absolute atomic E-state index is 0.508. The molecule has 2 heteroatoms. The average molecular weight is 259 g/mol. The molecular formula is C17H22FN. The lowest BCUT2D eigenvalue weighted by atomic mass is 10.0. The van der Waals surface area contributed by atoms with Crippen LogP contribution in [-0.2, 0) is 6.42 Å². The van der Waals surface area contributed by atoms with Crippen molar-refractivity contribution in [3.63, 3.8) is 0 Å². The summed E-state index contributed by atoms with van der Waals surface area (Å²) in [6, 6.07) is 8.12. The summed E-state index contributed by atoms with van der Waals surface area (Å²) in [6.45, 7) is 11.2. The fourth-order valence-electron chi connectivity index (χ4n) is 1.68. The molecule has 0 spiro atoms. The van der Waals surface area contributed by atoms with Crippen LogP contribution in [-0.4, -0.2) is 12.4 Å². The van der Waals surface area contributed by atoms with Gasteiger partial charge in [-0.25, -0.2) is 4.39 Å². The van der Waals surface area contributed by atoms with Crippen LogP contribution in [0, 0.1) is 0 Å². The minimum Gasteiger partial charge on any atom is -0.255 e. The van der Waals surface area contributed by atoms with Crippen LogP contribution in [0.15, 0.2) is 48.0 Å². The molecule has 0 saturated carbocycles. The van der Waals surface area contributed by atoms with Crippen molar-refractivity contribution in [2.24, 2.45) is 4.99 Å². The highest BCUT2D eigenvalue weighted by Gasteiger charge is 2.01. The molecule has 0 fully saturated rings. The molecule has 0 amide bonds. The first kappa shape index (κ1) is 15.4. The van der Waals surface area contributed by atoms with E-state index in [-0.39, 0.29) is 0 Å². The summed E-state index contributed by atoms with van der Waals surface area (Å²) in [6.07, 6.45) is 2.61. The zero-order valence-corrected chi connectivity index (χ0v) is 11.9. The van der Waals surface area contributed by atoms with Gasteiger partial charge in [0.2, 0.25) is 0 Å². The Morgan fingerprint density at radius 3 is 2.32 bits per heavy atom. The number of nitrogens with zero attached hydrogens (tertiary/aromatic N) is 1. The van der Waals surface area contributed by atoms with Gasteiger partial charge >= 0.3 is 0 Å². The number of benzene rings is 1. The molecule has 0 aromatic heterocycles. The van der Waals surface area contributed by atoms with Crippen molar-refractivity contribution in [1.29, 1.82) is 0 Å². The SMILES string of the molecule is C=C(C)CCc1ccc(C(=C)N=C(CC)CF)cc1. The molecule has 1 aromatic rings. The van der Waals surface area contributed by atoms with Crippen molar-refractivity contribution < 1.29 is 4.39 Å². The predicted molar refractivity (Wildman–Crippen MR) is 82.3 cm³/mol. The van der Waals surface area contributed by atoms with Crippen molar-refractivity contribution in [3.8, 4) is 0 Å². The summed E-state index contributed by atoms with van der Waals surface area (Å²) in [5, 5.41) is 0. The zero-order chi connectivity index (χ0) is 14.3. The van der Waals surface area contributed by atoms with E-state index in [1.165, 1.54) is 11.1 Å². The fraction of sp³-hybridized carbons (Fsp3) is 0.353. The van der Waals surface area contributed by atoms with Crippen LogP contribution in [0.3, 0.4) is 0 Å². The van der Waals surface area contributed by atoms with Gasteiger partial charge in [0.05, 0.1) is 5.70 Å². The second-order valence-electron chi connectivity index (χ2n) is 4.77. The quantitative estimate of drug-likeness (QED) is 0.483. The molecule has 0 unspecified atom stereocenters. The van der Waals surface area contributed by atoms with Gasteiger partial charge in [0.15, 0.2) is 0 Å². The first-order valence-corrected chi connectivity index (χ1v) is 6.61. The van der Waals surface area contributed by atoms with Gasteiger partial charge in [0.1, 0.15) is 6.67 Å². The fourth-order valence-corrected chi connectivity index (χ4v) is 1.68. The van der Waals surface area contributed by atoms with E-state index in [4.69, 9.17) is 0 Å². The van der Waals surface area contributed by atoms with Crippen molar-refractivity contribution in [2.75, 3.05) is 6.67 Å². The lowest BCUT2D eigenvalue weighted by Gasteiger charge is -2.05. The Balaban J connectivity index is 2.73. The van der Waals surface area contributed by atoms with Gasteiger partial charge in [-0.1, -0.05) is 43.3 Å². The van der Waals surface area contributed by atoms with E-state index in [0.29, 0.717) is 17.8 Å². The Hall–Kier alpha value is -1.70. The second-order valence-corrected chi connectivity index (χ2v) is 4.77. The maximum absolute atomic E-state index is 12.6. The van der Waals surface area contributed by atoms with Crippen molar-refractivity contribution in [1.82, 2.24) is 0 Å². The summed E-state index contributed by atoms with van der Waals surface area (Å²) < 4.78 is 12.6.